The molecule has 0 heterocycles. The highest BCUT2D eigenvalue weighted by molar-refractivity contribution is 5.74. The normalized spacial score (nSPS) is 10.2. The van der Waals surface area contributed by atoms with Crippen molar-refractivity contribution in [3.63, 3.8) is 0 Å². The minimum atomic E-state index is 0.428. The van der Waals surface area contributed by atoms with Gasteiger partial charge in [0.05, 0.1) is 34.1 Å². The lowest BCUT2D eigenvalue weighted by molar-refractivity contribution is 0.324. The van der Waals surface area contributed by atoms with E-state index in [1.54, 1.807) is 33.5 Å². The zero-order valence-corrected chi connectivity index (χ0v) is 14.5. The van der Waals surface area contributed by atoms with Crippen LogP contribution in [0, 0.1) is 0 Å². The number of nitrogens with zero attached hydrogens (tertiary/aromatic N) is 3. The highest BCUT2D eigenvalue weighted by Crippen LogP contribution is 2.38. The Balaban J connectivity index is 2.39. The molecule has 2 aromatic rings. The van der Waals surface area contributed by atoms with Crippen molar-refractivity contribution in [1.29, 1.82) is 0 Å². The van der Waals surface area contributed by atoms with E-state index in [1.807, 2.05) is 30.4 Å². The Morgan fingerprint density at radius 3 is 1.92 bits per heavy atom. The smallest absolute Gasteiger partial charge is 0.203 e. The maximum absolute atomic E-state index is 8.65. The van der Waals surface area contributed by atoms with E-state index in [4.69, 9.17) is 24.5 Å². The molecular formula is C18H19N3O4. The Kier molecular flexibility index (Phi) is 6.14. The fourth-order valence-corrected chi connectivity index (χ4v) is 2.33. The van der Waals surface area contributed by atoms with Crippen molar-refractivity contribution in [2.24, 2.45) is 5.11 Å². The molecule has 0 fully saturated rings. The maximum Gasteiger partial charge on any atom is 0.203 e. The molecule has 2 rings (SSSR count). The summed E-state index contributed by atoms with van der Waals surface area (Å²) >= 11 is 0. The number of hydrogen-bond acceptors (Lipinski definition) is 5. The Morgan fingerprint density at radius 2 is 1.40 bits per heavy atom. The monoisotopic (exact) mass is 341 g/mol. The molecule has 0 spiro atoms. The van der Waals surface area contributed by atoms with Crippen molar-refractivity contribution in [2.45, 2.75) is 0 Å². The molecule has 7 nitrogen and oxygen atoms in total. The van der Waals surface area contributed by atoms with E-state index >= 15 is 0 Å². The fourth-order valence-electron chi connectivity index (χ4n) is 2.33. The lowest BCUT2D eigenvalue weighted by atomic mass is 10.1. The minimum absolute atomic E-state index is 0.428. The summed E-state index contributed by atoms with van der Waals surface area (Å²) in [5.41, 5.74) is 10.8. The molecule has 0 aromatic heterocycles. The Labute approximate surface area is 146 Å². The van der Waals surface area contributed by atoms with Gasteiger partial charge in [-0.2, -0.15) is 0 Å². The standard InChI is InChI=1S/C18H19N3O4/c1-22-15-8-7-12(9-14(15)20-21-19)5-6-13-10-16(23-2)18(25-4)17(11-13)24-3/h5-11H,1-4H3/b6-5-. The Bertz CT molecular complexity index is 802. The van der Waals surface area contributed by atoms with Crippen LogP contribution in [0.15, 0.2) is 35.4 Å². The number of methoxy groups -OCH3 is 4. The molecule has 0 aliphatic rings. The van der Waals surface area contributed by atoms with Gasteiger partial charge in [0.2, 0.25) is 5.75 Å². The van der Waals surface area contributed by atoms with Crippen molar-refractivity contribution in [3.05, 3.63) is 51.9 Å². The predicted molar refractivity (Wildman–Crippen MR) is 96.8 cm³/mol. The van der Waals surface area contributed by atoms with Crippen molar-refractivity contribution in [3.8, 4) is 23.0 Å². The Morgan fingerprint density at radius 1 is 0.800 bits per heavy atom. The van der Waals surface area contributed by atoms with E-state index in [1.165, 1.54) is 7.11 Å². The highest BCUT2D eigenvalue weighted by Gasteiger charge is 2.12. The third kappa shape index (κ3) is 4.16. The second-order valence-electron chi connectivity index (χ2n) is 4.91. The molecule has 2 aromatic carbocycles. The van der Waals surface area contributed by atoms with Crippen molar-refractivity contribution in [2.75, 3.05) is 28.4 Å². The third-order valence-electron chi connectivity index (χ3n) is 3.51. The maximum atomic E-state index is 8.65. The molecule has 130 valence electrons. The van der Waals surface area contributed by atoms with Gasteiger partial charge in [-0.1, -0.05) is 23.3 Å². The summed E-state index contributed by atoms with van der Waals surface area (Å²) in [5.74, 6) is 2.21. The van der Waals surface area contributed by atoms with Crippen LogP contribution >= 0.6 is 0 Å². The topological polar surface area (TPSA) is 85.7 Å². The van der Waals surface area contributed by atoms with Gasteiger partial charge >= 0.3 is 0 Å². The van der Waals surface area contributed by atoms with Gasteiger partial charge in [0.15, 0.2) is 11.5 Å². The van der Waals surface area contributed by atoms with Gasteiger partial charge in [-0.25, -0.2) is 0 Å². The molecule has 0 amide bonds. The first kappa shape index (κ1) is 18.0. The number of ether oxygens (including phenoxy) is 4. The molecule has 0 unspecified atom stereocenters. The van der Waals surface area contributed by atoms with Gasteiger partial charge in [0, 0.05) is 4.91 Å². The van der Waals surface area contributed by atoms with Crippen LogP contribution in [0.2, 0.25) is 0 Å². The molecule has 0 aliphatic carbocycles. The molecule has 0 aliphatic heterocycles. The molecule has 25 heavy (non-hydrogen) atoms. The van der Waals surface area contributed by atoms with E-state index in [2.05, 4.69) is 10.0 Å². The SMILES string of the molecule is COc1ccc(/C=C\c2cc(OC)c(OC)c(OC)c2)cc1N=[N+]=[N-]. The second kappa shape index (κ2) is 8.52. The van der Waals surface area contributed by atoms with Crippen molar-refractivity contribution in [1.82, 2.24) is 0 Å². The van der Waals surface area contributed by atoms with Crippen LogP contribution in [0.1, 0.15) is 11.1 Å². The average Bonchev–Trinajstić information content (AvgIpc) is 2.65. The van der Waals surface area contributed by atoms with Crippen LogP contribution in [0.3, 0.4) is 0 Å². The van der Waals surface area contributed by atoms with Crippen LogP contribution in [0.25, 0.3) is 22.6 Å². The molecule has 0 saturated heterocycles. The average molecular weight is 341 g/mol. The molecule has 0 atom stereocenters. The number of rotatable bonds is 7. The first-order chi connectivity index (χ1) is 12.2. The van der Waals surface area contributed by atoms with Gasteiger partial charge < -0.3 is 18.9 Å². The highest BCUT2D eigenvalue weighted by atomic mass is 16.5. The van der Waals surface area contributed by atoms with Crippen LogP contribution in [-0.4, -0.2) is 28.4 Å². The van der Waals surface area contributed by atoms with E-state index in [-0.39, 0.29) is 0 Å². The van der Waals surface area contributed by atoms with Gasteiger partial charge in [-0.15, -0.1) is 0 Å². The summed E-state index contributed by atoms with van der Waals surface area (Å²) in [7, 11) is 6.22. The quantitative estimate of drug-likeness (QED) is 0.312. The van der Waals surface area contributed by atoms with Gasteiger partial charge in [-0.3, -0.25) is 0 Å². The summed E-state index contributed by atoms with van der Waals surface area (Å²) in [6, 6.07) is 9.04. The number of hydrogen-bond donors (Lipinski definition) is 0. The van der Waals surface area contributed by atoms with Crippen LogP contribution in [0.5, 0.6) is 23.0 Å². The molecule has 0 N–H and O–H groups in total. The molecule has 0 bridgehead atoms. The third-order valence-corrected chi connectivity index (χ3v) is 3.51. The van der Waals surface area contributed by atoms with Crippen molar-refractivity contribution >= 4 is 17.8 Å². The van der Waals surface area contributed by atoms with Gasteiger partial charge in [0.25, 0.3) is 0 Å². The van der Waals surface area contributed by atoms with E-state index < -0.39 is 0 Å². The number of benzene rings is 2. The van der Waals surface area contributed by atoms with Gasteiger partial charge in [0.1, 0.15) is 5.75 Å². The first-order valence-corrected chi connectivity index (χ1v) is 7.38. The molecule has 0 saturated carbocycles. The van der Waals surface area contributed by atoms with Crippen LogP contribution in [-0.2, 0) is 0 Å². The molecular weight excluding hydrogens is 322 g/mol. The summed E-state index contributed by atoms with van der Waals surface area (Å²) in [6.07, 6.45) is 3.78. The van der Waals surface area contributed by atoms with Crippen molar-refractivity contribution < 1.29 is 18.9 Å². The zero-order valence-electron chi connectivity index (χ0n) is 14.5. The number of azide groups is 1. The second-order valence-corrected chi connectivity index (χ2v) is 4.91. The summed E-state index contributed by atoms with van der Waals surface area (Å²) in [5, 5.41) is 3.64. The summed E-state index contributed by atoms with van der Waals surface area (Å²) in [6.45, 7) is 0. The summed E-state index contributed by atoms with van der Waals surface area (Å²) < 4.78 is 21.2. The lowest BCUT2D eigenvalue weighted by Gasteiger charge is -2.12. The predicted octanol–water partition coefficient (Wildman–Crippen LogP) is 4.83. The first-order valence-electron chi connectivity index (χ1n) is 7.38. The molecule has 7 heteroatoms. The largest absolute Gasteiger partial charge is 0.496 e. The molecule has 0 radical (unpaired) electrons. The Hall–Kier alpha value is -3.31. The van der Waals surface area contributed by atoms with Gasteiger partial charge in [-0.05, 0) is 40.9 Å². The van der Waals surface area contributed by atoms with Crippen LogP contribution in [0.4, 0.5) is 5.69 Å². The lowest BCUT2D eigenvalue weighted by Crippen LogP contribution is -1.95. The fraction of sp³-hybridized carbons (Fsp3) is 0.222. The minimum Gasteiger partial charge on any atom is -0.496 e. The van der Waals surface area contributed by atoms with E-state index in [0.29, 0.717) is 28.7 Å². The zero-order chi connectivity index (χ0) is 18.2. The van der Waals surface area contributed by atoms with E-state index in [0.717, 1.165) is 11.1 Å². The summed E-state index contributed by atoms with van der Waals surface area (Å²) in [4.78, 5) is 2.81. The van der Waals surface area contributed by atoms with E-state index in [9.17, 15) is 0 Å². The van der Waals surface area contributed by atoms with Crippen LogP contribution < -0.4 is 18.9 Å².